The van der Waals surface area contributed by atoms with Crippen molar-refractivity contribution < 1.29 is 13.2 Å². The van der Waals surface area contributed by atoms with Crippen LogP contribution in [-0.2, 0) is 10.0 Å². The Hall–Kier alpha value is -1.76. The van der Waals surface area contributed by atoms with Crippen molar-refractivity contribution in [1.29, 1.82) is 0 Å². The highest BCUT2D eigenvalue weighted by molar-refractivity contribution is 7.92. The number of nitrogens with one attached hydrogen (secondary N) is 3. The normalized spacial score (nSPS) is 11.8. The molecule has 1 rings (SSSR count). The maximum atomic E-state index is 11.8. The van der Waals surface area contributed by atoms with Gasteiger partial charge < -0.3 is 10.6 Å². The molecule has 1 aromatic rings. The summed E-state index contributed by atoms with van der Waals surface area (Å²) in [7, 11) is -3.47. The third-order valence-corrected chi connectivity index (χ3v) is 3.77. The third-order valence-electron chi connectivity index (χ3n) is 2.48. The standard InChI is InChI=1S/C14H23N3O3S/c1-14(2,3)11-16-13(18)15-9-10-21(19,20)17-12-7-5-4-6-8-12/h4-8,17H,9-11H2,1-3H3,(H2,15,16,18). The minimum absolute atomic E-state index is 0.0156. The second-order valence-electron chi connectivity index (χ2n) is 5.96. The van der Waals surface area contributed by atoms with Gasteiger partial charge in [-0.3, -0.25) is 4.72 Å². The lowest BCUT2D eigenvalue weighted by atomic mass is 9.97. The van der Waals surface area contributed by atoms with Gasteiger partial charge in [-0.2, -0.15) is 0 Å². The van der Waals surface area contributed by atoms with Gasteiger partial charge in [-0.25, -0.2) is 13.2 Å². The lowest BCUT2D eigenvalue weighted by molar-refractivity contribution is 0.236. The Morgan fingerprint density at radius 1 is 1.10 bits per heavy atom. The second kappa shape index (κ2) is 7.31. The Kier molecular flexibility index (Phi) is 6.02. The number of urea groups is 1. The summed E-state index contributed by atoms with van der Waals surface area (Å²) in [6, 6.07) is 8.27. The Morgan fingerprint density at radius 3 is 2.29 bits per heavy atom. The van der Waals surface area contributed by atoms with E-state index in [-0.39, 0.29) is 23.7 Å². The quantitative estimate of drug-likeness (QED) is 0.748. The van der Waals surface area contributed by atoms with Crippen molar-refractivity contribution in [1.82, 2.24) is 10.6 Å². The predicted molar refractivity (Wildman–Crippen MR) is 84.7 cm³/mol. The van der Waals surface area contributed by atoms with Crippen LogP contribution in [0.15, 0.2) is 30.3 Å². The summed E-state index contributed by atoms with van der Waals surface area (Å²) in [5.74, 6) is -0.176. The van der Waals surface area contributed by atoms with E-state index in [4.69, 9.17) is 0 Å². The lowest BCUT2D eigenvalue weighted by Gasteiger charge is -2.18. The first-order chi connectivity index (χ1) is 9.68. The van der Waals surface area contributed by atoms with Crippen LogP contribution in [0.2, 0.25) is 0 Å². The Morgan fingerprint density at radius 2 is 1.71 bits per heavy atom. The first-order valence-electron chi connectivity index (χ1n) is 6.75. The highest BCUT2D eigenvalue weighted by Gasteiger charge is 2.13. The van der Waals surface area contributed by atoms with E-state index in [1.807, 2.05) is 20.8 Å². The van der Waals surface area contributed by atoms with Crippen LogP contribution in [0, 0.1) is 5.41 Å². The molecule has 0 bridgehead atoms. The summed E-state index contributed by atoms with van der Waals surface area (Å²) in [4.78, 5) is 11.5. The molecule has 0 aliphatic heterocycles. The van der Waals surface area contributed by atoms with Crippen LogP contribution in [0.5, 0.6) is 0 Å². The SMILES string of the molecule is CC(C)(C)CNC(=O)NCCS(=O)(=O)Nc1ccccc1. The molecule has 3 N–H and O–H groups in total. The molecule has 1 aromatic carbocycles. The molecule has 0 atom stereocenters. The van der Waals surface area contributed by atoms with Gasteiger partial charge in [-0.15, -0.1) is 0 Å². The fraction of sp³-hybridized carbons (Fsp3) is 0.500. The van der Waals surface area contributed by atoms with E-state index in [1.54, 1.807) is 30.3 Å². The molecule has 0 heterocycles. The van der Waals surface area contributed by atoms with Crippen molar-refractivity contribution in [2.45, 2.75) is 20.8 Å². The highest BCUT2D eigenvalue weighted by Crippen LogP contribution is 2.10. The van der Waals surface area contributed by atoms with Gasteiger partial charge in [0.1, 0.15) is 0 Å². The second-order valence-corrected chi connectivity index (χ2v) is 7.80. The fourth-order valence-corrected chi connectivity index (χ4v) is 2.41. The average Bonchev–Trinajstić information content (AvgIpc) is 2.36. The zero-order chi connectivity index (χ0) is 15.9. The first kappa shape index (κ1) is 17.3. The van der Waals surface area contributed by atoms with Gasteiger partial charge in [0.2, 0.25) is 10.0 Å². The van der Waals surface area contributed by atoms with Crippen molar-refractivity contribution in [3.8, 4) is 0 Å². The number of rotatable bonds is 6. The van der Waals surface area contributed by atoms with Gasteiger partial charge >= 0.3 is 6.03 Å². The molecule has 2 amide bonds. The smallest absolute Gasteiger partial charge is 0.314 e. The number of anilines is 1. The van der Waals surface area contributed by atoms with Crippen molar-refractivity contribution >= 4 is 21.7 Å². The number of carbonyl (C=O) groups is 1. The van der Waals surface area contributed by atoms with Gasteiger partial charge in [0, 0.05) is 18.8 Å². The van der Waals surface area contributed by atoms with Gasteiger partial charge in [-0.05, 0) is 17.5 Å². The van der Waals surface area contributed by atoms with Crippen LogP contribution in [0.1, 0.15) is 20.8 Å². The maximum Gasteiger partial charge on any atom is 0.314 e. The van der Waals surface area contributed by atoms with E-state index >= 15 is 0 Å². The predicted octanol–water partition coefficient (Wildman–Crippen LogP) is 1.77. The summed E-state index contributed by atoms with van der Waals surface area (Å²) in [6.45, 7) is 6.58. The summed E-state index contributed by atoms with van der Waals surface area (Å²) in [6.07, 6.45) is 0. The third kappa shape index (κ3) is 8.19. The minimum atomic E-state index is -3.47. The lowest BCUT2D eigenvalue weighted by Crippen LogP contribution is -2.41. The average molecular weight is 313 g/mol. The molecule has 0 saturated heterocycles. The molecule has 0 aliphatic carbocycles. The molecule has 0 fully saturated rings. The van der Waals surface area contributed by atoms with Crippen LogP contribution >= 0.6 is 0 Å². The number of sulfonamides is 1. The molecule has 118 valence electrons. The fourth-order valence-electron chi connectivity index (χ4n) is 1.44. The van der Waals surface area contributed by atoms with Crippen LogP contribution < -0.4 is 15.4 Å². The summed E-state index contributed by atoms with van der Waals surface area (Å²) >= 11 is 0. The molecule has 21 heavy (non-hydrogen) atoms. The van der Waals surface area contributed by atoms with Crippen molar-refractivity contribution in [2.75, 3.05) is 23.6 Å². The highest BCUT2D eigenvalue weighted by atomic mass is 32.2. The number of carbonyl (C=O) groups excluding carboxylic acids is 1. The zero-order valence-electron chi connectivity index (χ0n) is 12.6. The van der Waals surface area contributed by atoms with Crippen molar-refractivity contribution in [2.24, 2.45) is 5.41 Å². The molecule has 0 saturated carbocycles. The number of amides is 2. The largest absolute Gasteiger partial charge is 0.338 e. The summed E-state index contributed by atoms with van der Waals surface area (Å²) in [5, 5.41) is 5.22. The molecule has 0 unspecified atom stereocenters. The van der Waals surface area contributed by atoms with Gasteiger partial charge in [0.15, 0.2) is 0 Å². The van der Waals surface area contributed by atoms with Crippen molar-refractivity contribution in [3.63, 3.8) is 0 Å². The molecule has 0 aliphatic rings. The minimum Gasteiger partial charge on any atom is -0.338 e. The first-order valence-corrected chi connectivity index (χ1v) is 8.40. The van der Waals surface area contributed by atoms with E-state index in [0.717, 1.165) is 0 Å². The van der Waals surface area contributed by atoms with E-state index in [1.165, 1.54) is 0 Å². The monoisotopic (exact) mass is 313 g/mol. The molecule has 6 nitrogen and oxygen atoms in total. The number of benzene rings is 1. The topological polar surface area (TPSA) is 87.3 Å². The molecule has 0 aromatic heterocycles. The van der Waals surface area contributed by atoms with Crippen LogP contribution in [-0.4, -0.2) is 33.3 Å². The maximum absolute atomic E-state index is 11.8. The molecular formula is C14H23N3O3S. The zero-order valence-corrected chi connectivity index (χ0v) is 13.5. The summed E-state index contributed by atoms with van der Waals surface area (Å²) in [5.41, 5.74) is 0.493. The molecule has 0 spiro atoms. The Bertz CT molecular complexity index is 551. The Labute approximate surface area is 126 Å². The van der Waals surface area contributed by atoms with Crippen LogP contribution in [0.4, 0.5) is 10.5 Å². The van der Waals surface area contributed by atoms with Crippen LogP contribution in [0.3, 0.4) is 0 Å². The van der Waals surface area contributed by atoms with E-state index in [9.17, 15) is 13.2 Å². The Balaban J connectivity index is 2.32. The molecular weight excluding hydrogens is 290 g/mol. The number of hydrogen-bond donors (Lipinski definition) is 3. The van der Waals surface area contributed by atoms with E-state index < -0.39 is 10.0 Å². The van der Waals surface area contributed by atoms with E-state index in [0.29, 0.717) is 12.2 Å². The number of hydrogen-bond acceptors (Lipinski definition) is 3. The van der Waals surface area contributed by atoms with Crippen molar-refractivity contribution in [3.05, 3.63) is 30.3 Å². The van der Waals surface area contributed by atoms with Gasteiger partial charge in [0.05, 0.1) is 5.75 Å². The molecule has 0 radical (unpaired) electrons. The molecule has 7 heteroatoms. The van der Waals surface area contributed by atoms with Gasteiger partial charge in [0.25, 0.3) is 0 Å². The van der Waals surface area contributed by atoms with E-state index in [2.05, 4.69) is 15.4 Å². The number of para-hydroxylation sites is 1. The van der Waals surface area contributed by atoms with Gasteiger partial charge in [-0.1, -0.05) is 39.0 Å². The van der Waals surface area contributed by atoms with Crippen LogP contribution in [0.25, 0.3) is 0 Å². The summed E-state index contributed by atoms with van der Waals surface area (Å²) < 4.78 is 26.1.